The van der Waals surface area contributed by atoms with Crippen LogP contribution >= 0.6 is 21.6 Å². The number of rotatable bonds is 27. The number of nitrogens with one attached hydrogen (secondary N) is 4. The van der Waals surface area contributed by atoms with Crippen molar-refractivity contribution < 1.29 is 36.9 Å². The fourth-order valence-corrected chi connectivity index (χ4v) is 11.8. The van der Waals surface area contributed by atoms with E-state index in [1.165, 1.54) is 0 Å². The van der Waals surface area contributed by atoms with Crippen LogP contribution in [-0.4, -0.2) is 120 Å². The zero-order valence-corrected chi connectivity index (χ0v) is 50.9. The molecule has 4 amide bonds. The highest BCUT2D eigenvalue weighted by Crippen LogP contribution is 2.43. The van der Waals surface area contributed by atoms with Crippen LogP contribution in [0.25, 0.3) is 0 Å². The standard InChI is InChI=1S/C46H98N4O8S2Si4/c1-41(2,3)61(17,18)55-33-45(13,14)37(57-63(21,22)43(7,8)9)39(53)49-27-25-35(51)47-29-31-59-60-32-30-48-36(52)26-28-50-40(54)38(58-64(23,24)44(10,11)12)46(15,16)34-56-62(19,20)42(4,5)6/h37-38H,25-34H2,1-24H3,(H,47,51)(H,48,52)(H,49,53)(H,50,54)/t37-,38-/m0/s1. The van der Waals surface area contributed by atoms with E-state index < -0.39 is 56.3 Å². The van der Waals surface area contributed by atoms with Crippen LogP contribution in [0.5, 0.6) is 0 Å². The third kappa shape index (κ3) is 21.3. The topological polar surface area (TPSA) is 153 Å². The summed E-state index contributed by atoms with van der Waals surface area (Å²) in [6.07, 6.45) is -1.11. The van der Waals surface area contributed by atoms with Crippen LogP contribution in [0, 0.1) is 10.8 Å². The predicted octanol–water partition coefficient (Wildman–Crippen LogP) is 10.5. The molecule has 12 nitrogen and oxygen atoms in total. The van der Waals surface area contributed by atoms with Gasteiger partial charge >= 0.3 is 0 Å². The lowest BCUT2D eigenvalue weighted by Crippen LogP contribution is -2.56. The molecule has 378 valence electrons. The van der Waals surface area contributed by atoms with Gasteiger partial charge in [-0.05, 0) is 72.5 Å². The van der Waals surface area contributed by atoms with Gasteiger partial charge in [-0.25, -0.2) is 0 Å². The highest BCUT2D eigenvalue weighted by atomic mass is 33.1. The van der Waals surface area contributed by atoms with Crippen LogP contribution in [0.15, 0.2) is 0 Å². The molecular weight excluding hydrogens is 913 g/mol. The second-order valence-electron chi connectivity index (χ2n) is 25.0. The first-order valence-corrected chi connectivity index (χ1v) is 37.5. The average Bonchev–Trinajstić information content (AvgIpc) is 3.10. The second-order valence-corrected chi connectivity index (χ2v) is 46.9. The Morgan fingerprint density at radius 2 is 0.688 bits per heavy atom. The Balaban J connectivity index is 4.93. The minimum Gasteiger partial charge on any atom is -0.416 e. The average molecular weight is 1010 g/mol. The summed E-state index contributed by atoms with van der Waals surface area (Å²) in [6, 6.07) is 0. The predicted molar refractivity (Wildman–Crippen MR) is 284 cm³/mol. The van der Waals surface area contributed by atoms with Crippen molar-refractivity contribution in [1.29, 1.82) is 0 Å². The quantitative estimate of drug-likeness (QED) is 0.0355. The first-order chi connectivity index (χ1) is 28.4. The SMILES string of the molecule is CC(C)(CO[Si](C)(C)C(C)(C)C)[C@@H](O[Si](C)(C)C(C)(C)C)C(=O)NCCC(=O)NCCSSCCNC(=O)CCNC(=O)[C@H](O[Si](C)(C)C(C)(C)C)C(C)(C)CO[Si](C)(C)C(C)(C)C. The van der Waals surface area contributed by atoms with Gasteiger partial charge in [0.25, 0.3) is 0 Å². The van der Waals surface area contributed by atoms with Gasteiger partial charge in [0, 0.05) is 74.6 Å². The maximum Gasteiger partial charge on any atom is 0.248 e. The van der Waals surface area contributed by atoms with Crippen molar-refractivity contribution in [1.82, 2.24) is 21.3 Å². The monoisotopic (exact) mass is 1010 g/mol. The van der Waals surface area contributed by atoms with Gasteiger partial charge in [0.05, 0.1) is 0 Å². The van der Waals surface area contributed by atoms with Crippen molar-refractivity contribution in [3.8, 4) is 0 Å². The molecule has 0 radical (unpaired) electrons. The van der Waals surface area contributed by atoms with Gasteiger partial charge < -0.3 is 39.0 Å². The Hall–Kier alpha value is -0.712. The molecule has 0 unspecified atom stereocenters. The summed E-state index contributed by atoms with van der Waals surface area (Å²) in [5.74, 6) is 0.703. The van der Waals surface area contributed by atoms with E-state index >= 15 is 0 Å². The molecule has 0 bridgehead atoms. The Bertz CT molecular complexity index is 1390. The number of hydrogen-bond donors (Lipinski definition) is 4. The summed E-state index contributed by atoms with van der Waals surface area (Å²) < 4.78 is 26.7. The van der Waals surface area contributed by atoms with E-state index in [1.54, 1.807) is 21.6 Å². The molecule has 0 aromatic heterocycles. The van der Waals surface area contributed by atoms with E-state index in [2.05, 4.69) is 157 Å². The normalized spacial score (nSPS) is 15.1. The van der Waals surface area contributed by atoms with Gasteiger partial charge in [-0.3, -0.25) is 19.2 Å². The zero-order valence-electron chi connectivity index (χ0n) is 45.3. The summed E-state index contributed by atoms with van der Waals surface area (Å²) in [4.78, 5) is 52.9. The van der Waals surface area contributed by atoms with E-state index in [-0.39, 0.29) is 69.7 Å². The zero-order chi connectivity index (χ0) is 50.6. The third-order valence-electron chi connectivity index (χ3n) is 14.0. The Morgan fingerprint density at radius 1 is 0.422 bits per heavy atom. The lowest BCUT2D eigenvalue weighted by molar-refractivity contribution is -0.136. The van der Waals surface area contributed by atoms with E-state index in [0.29, 0.717) is 37.8 Å². The van der Waals surface area contributed by atoms with E-state index in [4.69, 9.17) is 17.7 Å². The number of carbonyl (C=O) groups excluding carboxylic acids is 4. The smallest absolute Gasteiger partial charge is 0.248 e. The summed E-state index contributed by atoms with van der Waals surface area (Å²) in [6.45, 7) is 54.0. The maximum atomic E-state index is 13.8. The molecule has 4 N–H and O–H groups in total. The highest BCUT2D eigenvalue weighted by molar-refractivity contribution is 8.76. The summed E-state index contributed by atoms with van der Waals surface area (Å²) in [5.41, 5.74) is -1.18. The van der Waals surface area contributed by atoms with Gasteiger partial charge in [-0.2, -0.15) is 0 Å². The second kappa shape index (κ2) is 24.7. The molecule has 0 aliphatic heterocycles. The molecule has 0 spiro atoms. The molecular formula is C46H98N4O8S2Si4. The first kappa shape index (κ1) is 63.3. The first-order valence-electron chi connectivity index (χ1n) is 23.4. The van der Waals surface area contributed by atoms with Crippen LogP contribution in [-0.2, 0) is 36.9 Å². The Kier molecular flexibility index (Phi) is 24.4. The fourth-order valence-electron chi connectivity index (χ4n) is 4.94. The van der Waals surface area contributed by atoms with Gasteiger partial charge in [-0.15, -0.1) is 0 Å². The molecule has 18 heteroatoms. The molecule has 0 aromatic carbocycles. The van der Waals surface area contributed by atoms with Crippen LogP contribution in [0.1, 0.15) is 124 Å². The molecule has 0 aromatic rings. The van der Waals surface area contributed by atoms with E-state index in [1.807, 2.05) is 27.7 Å². The molecule has 0 rings (SSSR count). The molecule has 0 aliphatic rings. The number of hydrogen-bond acceptors (Lipinski definition) is 10. The Labute approximate surface area is 404 Å². The van der Waals surface area contributed by atoms with Gasteiger partial charge in [0.2, 0.25) is 23.6 Å². The van der Waals surface area contributed by atoms with Crippen molar-refractivity contribution in [3.05, 3.63) is 0 Å². The summed E-state index contributed by atoms with van der Waals surface area (Å²) >= 11 is 0. The fraction of sp³-hybridized carbons (Fsp3) is 0.913. The van der Waals surface area contributed by atoms with Gasteiger partial charge in [0.1, 0.15) is 12.2 Å². The van der Waals surface area contributed by atoms with E-state index in [0.717, 1.165) is 0 Å². The third-order valence-corrected chi connectivity index (χ3v) is 34.2. The summed E-state index contributed by atoms with van der Waals surface area (Å²) in [5, 5.41) is 11.8. The molecule has 0 aliphatic carbocycles. The van der Waals surface area contributed by atoms with Crippen LogP contribution in [0.2, 0.25) is 72.5 Å². The van der Waals surface area contributed by atoms with Crippen molar-refractivity contribution in [2.45, 2.75) is 208 Å². The van der Waals surface area contributed by atoms with Crippen LogP contribution in [0.3, 0.4) is 0 Å². The number of carbonyl (C=O) groups is 4. The lowest BCUT2D eigenvalue weighted by Gasteiger charge is -2.45. The largest absolute Gasteiger partial charge is 0.416 e. The van der Waals surface area contributed by atoms with Gasteiger partial charge in [-0.1, -0.05) is 132 Å². The molecule has 64 heavy (non-hydrogen) atoms. The maximum absolute atomic E-state index is 13.8. The Morgan fingerprint density at radius 3 is 0.938 bits per heavy atom. The van der Waals surface area contributed by atoms with Crippen molar-refractivity contribution >= 4 is 78.5 Å². The number of amides is 4. The molecule has 0 heterocycles. The minimum absolute atomic E-state index is 0.0403. The van der Waals surface area contributed by atoms with Crippen LogP contribution < -0.4 is 21.3 Å². The lowest BCUT2D eigenvalue weighted by atomic mass is 9.87. The molecule has 0 saturated carbocycles. The molecule has 0 saturated heterocycles. The highest BCUT2D eigenvalue weighted by Gasteiger charge is 2.49. The van der Waals surface area contributed by atoms with Crippen molar-refractivity contribution in [2.24, 2.45) is 10.8 Å². The summed E-state index contributed by atoms with van der Waals surface area (Å²) in [7, 11) is -5.52. The van der Waals surface area contributed by atoms with Gasteiger partial charge in [0.15, 0.2) is 33.3 Å². The molecule has 2 atom stereocenters. The minimum atomic E-state index is -2.32. The van der Waals surface area contributed by atoms with Crippen molar-refractivity contribution in [2.75, 3.05) is 50.9 Å². The van der Waals surface area contributed by atoms with Crippen molar-refractivity contribution in [3.63, 3.8) is 0 Å². The van der Waals surface area contributed by atoms with E-state index in [9.17, 15) is 19.2 Å². The van der Waals surface area contributed by atoms with Crippen LogP contribution in [0.4, 0.5) is 0 Å². The molecule has 0 fully saturated rings.